The van der Waals surface area contributed by atoms with Gasteiger partial charge < -0.3 is 14.0 Å². The Hall–Kier alpha value is -2.02. The largest absolute Gasteiger partial charge is 0.345 e. The summed E-state index contributed by atoms with van der Waals surface area (Å²) in [5, 5.41) is 0.438. The van der Waals surface area contributed by atoms with Gasteiger partial charge in [0.2, 0.25) is 6.29 Å². The predicted molar refractivity (Wildman–Crippen MR) is 90.4 cm³/mol. The van der Waals surface area contributed by atoms with Crippen molar-refractivity contribution in [2.24, 2.45) is 4.99 Å². The lowest BCUT2D eigenvalue weighted by atomic mass is 10.3. The molecule has 128 valence electrons. The topological polar surface area (TPSA) is 65.7 Å². The molecule has 2 heterocycles. The Morgan fingerprint density at radius 2 is 2.00 bits per heavy atom. The van der Waals surface area contributed by atoms with Crippen LogP contribution in [0.25, 0.3) is 0 Å². The molecule has 0 aliphatic carbocycles. The first-order valence-electron chi connectivity index (χ1n) is 7.71. The molecule has 1 amide bonds. The number of hydrogen-bond donors (Lipinski definition) is 0. The number of nitrogens with zero attached hydrogens (tertiary/aromatic N) is 3. The molecule has 7 heteroatoms. The Kier molecular flexibility index (Phi) is 7.11. The van der Waals surface area contributed by atoms with Gasteiger partial charge in [-0.2, -0.15) is 4.99 Å². The van der Waals surface area contributed by atoms with E-state index in [-0.39, 0.29) is 0 Å². The van der Waals surface area contributed by atoms with Gasteiger partial charge >= 0.3 is 5.91 Å². The highest BCUT2D eigenvalue weighted by Crippen LogP contribution is 2.06. The van der Waals surface area contributed by atoms with E-state index < -0.39 is 12.2 Å². The van der Waals surface area contributed by atoms with Crippen molar-refractivity contribution in [3.8, 4) is 0 Å². The maximum atomic E-state index is 12.3. The third-order valence-electron chi connectivity index (χ3n) is 3.12. The first kappa shape index (κ1) is 18.3. The van der Waals surface area contributed by atoms with E-state index in [1.807, 2.05) is 29.0 Å². The summed E-state index contributed by atoms with van der Waals surface area (Å²) >= 11 is 5.80. The third kappa shape index (κ3) is 5.26. The van der Waals surface area contributed by atoms with Gasteiger partial charge in [-0.05, 0) is 37.6 Å². The van der Waals surface area contributed by atoms with Gasteiger partial charge in [0.25, 0.3) is 0 Å². The number of carbonyl (C=O) groups is 1. The summed E-state index contributed by atoms with van der Waals surface area (Å²) in [7, 11) is 0. The van der Waals surface area contributed by atoms with Crippen molar-refractivity contribution in [2.45, 2.75) is 26.7 Å². The van der Waals surface area contributed by atoms with Crippen molar-refractivity contribution < 1.29 is 14.3 Å². The SMILES string of the molecule is CCOC(OCC)C(=O)N=c1ccccn1Cc1ccc(Cl)nc1. The highest BCUT2D eigenvalue weighted by molar-refractivity contribution is 6.29. The molecule has 0 aromatic carbocycles. The lowest BCUT2D eigenvalue weighted by Crippen LogP contribution is -2.30. The second-order valence-corrected chi connectivity index (χ2v) is 5.26. The highest BCUT2D eigenvalue weighted by atomic mass is 35.5. The van der Waals surface area contributed by atoms with Crippen LogP contribution in [0.1, 0.15) is 19.4 Å². The minimum absolute atomic E-state index is 0.372. The Labute approximate surface area is 145 Å². The van der Waals surface area contributed by atoms with Gasteiger partial charge in [0.05, 0.1) is 6.54 Å². The summed E-state index contributed by atoms with van der Waals surface area (Å²) in [4.78, 5) is 20.5. The summed E-state index contributed by atoms with van der Waals surface area (Å²) in [6.07, 6.45) is 2.56. The lowest BCUT2D eigenvalue weighted by molar-refractivity contribution is -0.166. The van der Waals surface area contributed by atoms with Gasteiger partial charge in [-0.3, -0.25) is 4.79 Å². The van der Waals surface area contributed by atoms with Crippen LogP contribution in [-0.2, 0) is 20.8 Å². The standard InChI is InChI=1S/C17H20ClN3O3/c1-3-23-17(24-4-2)16(22)20-15-7-5-6-10-21(15)12-13-8-9-14(18)19-11-13/h5-11,17H,3-4,12H2,1-2H3. The lowest BCUT2D eigenvalue weighted by Gasteiger charge is -2.13. The van der Waals surface area contributed by atoms with E-state index in [0.29, 0.717) is 30.4 Å². The quantitative estimate of drug-likeness (QED) is 0.568. The van der Waals surface area contributed by atoms with Gasteiger partial charge in [-0.25, -0.2) is 4.98 Å². The molecule has 0 unspecified atom stereocenters. The fourth-order valence-corrected chi connectivity index (χ4v) is 2.17. The molecule has 0 fully saturated rings. The molecule has 0 spiro atoms. The highest BCUT2D eigenvalue weighted by Gasteiger charge is 2.17. The summed E-state index contributed by atoms with van der Waals surface area (Å²) in [6, 6.07) is 9.05. The molecule has 0 atom stereocenters. The summed E-state index contributed by atoms with van der Waals surface area (Å²) in [5.41, 5.74) is 1.47. The maximum Gasteiger partial charge on any atom is 0.304 e. The molecule has 0 radical (unpaired) electrons. The molecule has 0 saturated carbocycles. The Balaban J connectivity index is 2.26. The first-order chi connectivity index (χ1) is 11.6. The van der Waals surface area contributed by atoms with Crippen LogP contribution in [0.15, 0.2) is 47.7 Å². The van der Waals surface area contributed by atoms with Crippen LogP contribution in [0, 0.1) is 0 Å². The smallest absolute Gasteiger partial charge is 0.304 e. The normalized spacial score (nSPS) is 11.9. The minimum Gasteiger partial charge on any atom is -0.345 e. The number of rotatable bonds is 7. The van der Waals surface area contributed by atoms with Gasteiger partial charge in [-0.15, -0.1) is 0 Å². The molecule has 0 aliphatic rings. The monoisotopic (exact) mass is 349 g/mol. The zero-order valence-corrected chi connectivity index (χ0v) is 14.4. The van der Waals surface area contributed by atoms with E-state index >= 15 is 0 Å². The van der Waals surface area contributed by atoms with E-state index in [0.717, 1.165) is 5.56 Å². The number of ether oxygens (including phenoxy) is 2. The number of halogens is 1. The van der Waals surface area contributed by atoms with Crippen LogP contribution >= 0.6 is 11.6 Å². The fourth-order valence-electron chi connectivity index (χ4n) is 2.06. The molecule has 2 aromatic heterocycles. The first-order valence-corrected chi connectivity index (χ1v) is 8.09. The van der Waals surface area contributed by atoms with E-state index in [2.05, 4.69) is 9.98 Å². The molecular formula is C17H20ClN3O3. The van der Waals surface area contributed by atoms with Crippen molar-refractivity contribution in [1.82, 2.24) is 9.55 Å². The average molecular weight is 350 g/mol. The Bertz CT molecular complexity index is 722. The molecule has 2 aromatic rings. The molecule has 6 nitrogen and oxygen atoms in total. The van der Waals surface area contributed by atoms with Crippen molar-refractivity contribution in [2.75, 3.05) is 13.2 Å². The van der Waals surface area contributed by atoms with Gasteiger partial charge in [-0.1, -0.05) is 23.7 Å². The van der Waals surface area contributed by atoms with Crippen LogP contribution in [0.2, 0.25) is 5.15 Å². The van der Waals surface area contributed by atoms with Crippen molar-refractivity contribution in [3.05, 3.63) is 58.9 Å². The van der Waals surface area contributed by atoms with Crippen LogP contribution in [0.4, 0.5) is 0 Å². The summed E-state index contributed by atoms with van der Waals surface area (Å²) in [5.74, 6) is -0.465. The van der Waals surface area contributed by atoms with Crippen LogP contribution < -0.4 is 5.49 Å². The van der Waals surface area contributed by atoms with Crippen LogP contribution in [0.5, 0.6) is 0 Å². The van der Waals surface area contributed by atoms with Crippen molar-refractivity contribution in [3.63, 3.8) is 0 Å². The molecule has 0 aliphatic heterocycles. The molecule has 24 heavy (non-hydrogen) atoms. The molecule has 2 rings (SSSR count). The molecule has 0 saturated heterocycles. The zero-order chi connectivity index (χ0) is 17.4. The second-order valence-electron chi connectivity index (χ2n) is 4.87. The second kappa shape index (κ2) is 9.32. The van der Waals surface area contributed by atoms with Crippen LogP contribution in [-0.4, -0.2) is 35.0 Å². The maximum absolute atomic E-state index is 12.3. The Morgan fingerprint density at radius 3 is 2.62 bits per heavy atom. The molecule has 0 bridgehead atoms. The molecular weight excluding hydrogens is 330 g/mol. The van der Waals surface area contributed by atoms with Gasteiger partial charge in [0.1, 0.15) is 10.6 Å². The van der Waals surface area contributed by atoms with Crippen molar-refractivity contribution >= 4 is 17.5 Å². The number of aromatic nitrogens is 2. The predicted octanol–water partition coefficient (Wildman–Crippen LogP) is 2.41. The van der Waals surface area contributed by atoms with E-state index in [9.17, 15) is 4.79 Å². The van der Waals surface area contributed by atoms with E-state index in [1.54, 1.807) is 32.2 Å². The summed E-state index contributed by atoms with van der Waals surface area (Å²) in [6.45, 7) is 4.87. The van der Waals surface area contributed by atoms with Gasteiger partial charge in [0, 0.05) is 25.6 Å². The fraction of sp³-hybridized carbons (Fsp3) is 0.353. The van der Waals surface area contributed by atoms with Gasteiger partial charge in [0.15, 0.2) is 0 Å². The number of hydrogen-bond acceptors (Lipinski definition) is 4. The minimum atomic E-state index is -0.981. The molecule has 0 N–H and O–H groups in total. The van der Waals surface area contributed by atoms with Crippen molar-refractivity contribution in [1.29, 1.82) is 0 Å². The summed E-state index contributed by atoms with van der Waals surface area (Å²) < 4.78 is 12.4. The third-order valence-corrected chi connectivity index (χ3v) is 3.34. The Morgan fingerprint density at radius 1 is 1.25 bits per heavy atom. The van der Waals surface area contributed by atoms with E-state index in [1.165, 1.54) is 0 Å². The number of carbonyl (C=O) groups excluding carboxylic acids is 1. The number of pyridine rings is 2. The zero-order valence-electron chi connectivity index (χ0n) is 13.7. The van der Waals surface area contributed by atoms with Crippen LogP contribution in [0.3, 0.4) is 0 Å². The number of amides is 1. The van der Waals surface area contributed by atoms with E-state index in [4.69, 9.17) is 21.1 Å². The average Bonchev–Trinajstić information content (AvgIpc) is 2.58.